The maximum absolute atomic E-state index is 12.4. The molecule has 1 fully saturated rings. The van der Waals surface area contributed by atoms with Gasteiger partial charge in [0.2, 0.25) is 11.9 Å². The van der Waals surface area contributed by atoms with Crippen LogP contribution in [0.5, 0.6) is 0 Å². The van der Waals surface area contributed by atoms with Gasteiger partial charge < -0.3 is 10.6 Å². The van der Waals surface area contributed by atoms with Crippen LogP contribution in [-0.4, -0.2) is 38.1 Å². The Morgan fingerprint density at radius 1 is 1.10 bits per heavy atom. The lowest BCUT2D eigenvalue weighted by atomic mass is 10.1. The van der Waals surface area contributed by atoms with E-state index >= 15 is 0 Å². The van der Waals surface area contributed by atoms with Gasteiger partial charge in [0.1, 0.15) is 6.04 Å². The van der Waals surface area contributed by atoms with Crippen molar-refractivity contribution in [3.63, 3.8) is 0 Å². The third kappa shape index (κ3) is 3.29. The van der Waals surface area contributed by atoms with E-state index in [0.29, 0.717) is 11.8 Å². The predicted octanol–water partition coefficient (Wildman–Crippen LogP) is 3.33. The molecule has 4 aromatic rings. The van der Waals surface area contributed by atoms with Gasteiger partial charge in [-0.15, -0.1) is 5.10 Å². The highest BCUT2D eigenvalue weighted by molar-refractivity contribution is 5.93. The van der Waals surface area contributed by atoms with Crippen molar-refractivity contribution < 1.29 is 4.79 Å². The number of anilines is 1. The van der Waals surface area contributed by atoms with Crippen molar-refractivity contribution in [3.05, 3.63) is 54.1 Å². The van der Waals surface area contributed by atoms with Crippen LogP contribution in [0.1, 0.15) is 24.8 Å². The number of carbonyl (C=O) groups excluding carboxylic acids is 1. The molecule has 2 aromatic carbocycles. The summed E-state index contributed by atoms with van der Waals surface area (Å²) in [5.74, 6) is 1.18. The van der Waals surface area contributed by atoms with Gasteiger partial charge in [-0.25, -0.2) is 9.97 Å². The van der Waals surface area contributed by atoms with Crippen LogP contribution in [0, 0.1) is 6.92 Å². The molecule has 7 heteroatoms. The summed E-state index contributed by atoms with van der Waals surface area (Å²) < 4.78 is 1.72. The molecular formula is C22H22N6O. The fourth-order valence-electron chi connectivity index (χ4n) is 3.79. The molecule has 1 saturated heterocycles. The SMILES string of the molecule is Cc1cccc(-c2nc3c4ccccc4nc(N[C@@H]4CCCCNC4=O)n3n2)c1. The Morgan fingerprint density at radius 3 is 2.90 bits per heavy atom. The van der Waals surface area contributed by atoms with E-state index in [1.54, 1.807) is 4.52 Å². The molecule has 0 radical (unpaired) electrons. The monoisotopic (exact) mass is 386 g/mol. The summed E-state index contributed by atoms with van der Waals surface area (Å²) in [7, 11) is 0. The lowest BCUT2D eigenvalue weighted by Gasteiger charge is -2.16. The minimum Gasteiger partial charge on any atom is -0.354 e. The molecule has 2 N–H and O–H groups in total. The molecule has 0 unspecified atom stereocenters. The van der Waals surface area contributed by atoms with Crippen LogP contribution in [0.2, 0.25) is 0 Å². The fraction of sp³-hybridized carbons (Fsp3) is 0.273. The average molecular weight is 386 g/mol. The summed E-state index contributed by atoms with van der Waals surface area (Å²) in [4.78, 5) is 22.0. The second-order valence-corrected chi connectivity index (χ2v) is 7.48. The van der Waals surface area contributed by atoms with Crippen molar-refractivity contribution in [1.82, 2.24) is 24.9 Å². The average Bonchev–Trinajstić information content (AvgIpc) is 3.09. The van der Waals surface area contributed by atoms with Gasteiger partial charge in [-0.3, -0.25) is 4.79 Å². The van der Waals surface area contributed by atoms with Crippen molar-refractivity contribution >= 4 is 28.4 Å². The second kappa shape index (κ2) is 7.16. The maximum Gasteiger partial charge on any atom is 0.242 e. The second-order valence-electron chi connectivity index (χ2n) is 7.48. The number of carbonyl (C=O) groups is 1. The molecular weight excluding hydrogens is 364 g/mol. The third-order valence-corrected chi connectivity index (χ3v) is 5.29. The number of nitrogens with zero attached hydrogens (tertiary/aromatic N) is 4. The number of hydrogen-bond donors (Lipinski definition) is 2. The molecule has 7 nitrogen and oxygen atoms in total. The van der Waals surface area contributed by atoms with Crippen LogP contribution in [-0.2, 0) is 4.79 Å². The molecule has 5 rings (SSSR count). The topological polar surface area (TPSA) is 84.2 Å². The van der Waals surface area contributed by atoms with E-state index in [9.17, 15) is 4.79 Å². The Kier molecular flexibility index (Phi) is 4.35. The number of hydrogen-bond acceptors (Lipinski definition) is 5. The van der Waals surface area contributed by atoms with Gasteiger partial charge in [0.05, 0.1) is 5.52 Å². The molecule has 1 aliphatic heterocycles. The van der Waals surface area contributed by atoms with Gasteiger partial charge in [-0.05, 0) is 44.4 Å². The van der Waals surface area contributed by atoms with E-state index in [1.165, 1.54) is 0 Å². The van der Waals surface area contributed by atoms with Crippen molar-refractivity contribution in [1.29, 1.82) is 0 Å². The van der Waals surface area contributed by atoms with Crippen LogP contribution >= 0.6 is 0 Å². The van der Waals surface area contributed by atoms with E-state index in [0.717, 1.165) is 53.5 Å². The van der Waals surface area contributed by atoms with Crippen LogP contribution in [0.25, 0.3) is 27.9 Å². The summed E-state index contributed by atoms with van der Waals surface area (Å²) >= 11 is 0. The number of amides is 1. The summed E-state index contributed by atoms with van der Waals surface area (Å²) in [6, 6.07) is 15.7. The molecule has 0 aliphatic carbocycles. The van der Waals surface area contributed by atoms with E-state index < -0.39 is 0 Å². The summed E-state index contributed by atoms with van der Waals surface area (Å²) in [5, 5.41) is 11.9. The van der Waals surface area contributed by atoms with Gasteiger partial charge in [0.15, 0.2) is 11.5 Å². The minimum absolute atomic E-state index is 0.00429. The number of aryl methyl sites for hydroxylation is 1. The number of nitrogens with one attached hydrogen (secondary N) is 2. The van der Waals surface area contributed by atoms with E-state index in [1.807, 2.05) is 49.4 Å². The zero-order valence-corrected chi connectivity index (χ0v) is 16.2. The maximum atomic E-state index is 12.4. The first-order chi connectivity index (χ1) is 14.2. The lowest BCUT2D eigenvalue weighted by Crippen LogP contribution is -2.38. The number of fused-ring (bicyclic) bond motifs is 3. The standard InChI is InChI=1S/C22H22N6O/c1-14-7-6-8-15(13-14)19-26-20-16-9-2-3-10-17(16)24-22(28(20)27-19)25-18-11-4-5-12-23-21(18)29/h2-3,6-10,13,18H,4-5,11-12H2,1H3,(H,23,29)(H,24,25)/t18-/m1/s1. The molecule has 1 atom stereocenters. The Balaban J connectivity index is 1.66. The number of aromatic nitrogens is 4. The van der Waals surface area contributed by atoms with Gasteiger partial charge >= 0.3 is 0 Å². The summed E-state index contributed by atoms with van der Waals surface area (Å²) in [5.41, 5.74) is 3.65. The Labute approximate surface area is 168 Å². The van der Waals surface area contributed by atoms with Crippen LogP contribution < -0.4 is 10.6 Å². The first-order valence-electron chi connectivity index (χ1n) is 9.96. The van der Waals surface area contributed by atoms with Gasteiger partial charge in [-0.2, -0.15) is 4.52 Å². The molecule has 2 aromatic heterocycles. The predicted molar refractivity (Wildman–Crippen MR) is 113 cm³/mol. The Morgan fingerprint density at radius 2 is 2.00 bits per heavy atom. The van der Waals surface area contributed by atoms with Gasteiger partial charge in [-0.1, -0.05) is 35.9 Å². The molecule has 0 saturated carbocycles. The largest absolute Gasteiger partial charge is 0.354 e. The quantitative estimate of drug-likeness (QED) is 0.564. The van der Waals surface area contributed by atoms with E-state index in [2.05, 4.69) is 16.7 Å². The lowest BCUT2D eigenvalue weighted by molar-refractivity contribution is -0.121. The zero-order valence-electron chi connectivity index (χ0n) is 16.2. The highest BCUT2D eigenvalue weighted by atomic mass is 16.2. The summed E-state index contributed by atoms with van der Waals surface area (Å²) in [6.07, 6.45) is 2.74. The van der Waals surface area contributed by atoms with Crippen molar-refractivity contribution in [2.45, 2.75) is 32.2 Å². The molecule has 3 heterocycles. The normalized spacial score (nSPS) is 17.3. The molecule has 29 heavy (non-hydrogen) atoms. The Hall–Kier alpha value is -3.48. The van der Waals surface area contributed by atoms with Gasteiger partial charge in [0, 0.05) is 17.5 Å². The minimum atomic E-state index is -0.332. The number of benzene rings is 2. The highest BCUT2D eigenvalue weighted by Gasteiger charge is 2.23. The molecule has 146 valence electrons. The number of rotatable bonds is 3. The van der Waals surface area contributed by atoms with Crippen molar-refractivity contribution in [2.24, 2.45) is 0 Å². The van der Waals surface area contributed by atoms with Gasteiger partial charge in [0.25, 0.3) is 0 Å². The highest BCUT2D eigenvalue weighted by Crippen LogP contribution is 2.25. The smallest absolute Gasteiger partial charge is 0.242 e. The molecule has 0 spiro atoms. The van der Waals surface area contributed by atoms with Crippen molar-refractivity contribution in [2.75, 3.05) is 11.9 Å². The third-order valence-electron chi connectivity index (χ3n) is 5.29. The first kappa shape index (κ1) is 17.6. The molecule has 1 aliphatic rings. The molecule has 1 amide bonds. The van der Waals surface area contributed by atoms with E-state index in [-0.39, 0.29) is 11.9 Å². The first-order valence-corrected chi connectivity index (χ1v) is 9.96. The van der Waals surface area contributed by atoms with Crippen molar-refractivity contribution in [3.8, 4) is 11.4 Å². The Bertz CT molecular complexity index is 1210. The number of para-hydroxylation sites is 1. The fourth-order valence-corrected chi connectivity index (χ4v) is 3.79. The van der Waals surface area contributed by atoms with Crippen LogP contribution in [0.3, 0.4) is 0 Å². The van der Waals surface area contributed by atoms with E-state index in [4.69, 9.17) is 15.1 Å². The summed E-state index contributed by atoms with van der Waals surface area (Å²) in [6.45, 7) is 2.77. The van der Waals surface area contributed by atoms with Crippen LogP contribution in [0.15, 0.2) is 48.5 Å². The van der Waals surface area contributed by atoms with Crippen LogP contribution in [0.4, 0.5) is 5.95 Å². The zero-order chi connectivity index (χ0) is 19.8. The molecule has 0 bridgehead atoms.